The highest BCUT2D eigenvalue weighted by atomic mass is 35.5. The highest BCUT2D eigenvalue weighted by Gasteiger charge is 2.20. The van der Waals surface area contributed by atoms with Gasteiger partial charge in [-0.05, 0) is 30.7 Å². The van der Waals surface area contributed by atoms with Crippen LogP contribution in [-0.2, 0) is 6.42 Å². The van der Waals surface area contributed by atoms with Crippen LogP contribution in [0.2, 0.25) is 5.02 Å². The quantitative estimate of drug-likeness (QED) is 0.857. The number of rotatable bonds is 1. The summed E-state index contributed by atoms with van der Waals surface area (Å²) in [5.41, 5.74) is 8.45. The van der Waals surface area contributed by atoms with Crippen LogP contribution in [0.3, 0.4) is 0 Å². The van der Waals surface area contributed by atoms with E-state index in [4.69, 9.17) is 22.1 Å². The monoisotopic (exact) mass is 261 g/mol. The van der Waals surface area contributed by atoms with Gasteiger partial charge in [-0.2, -0.15) is 0 Å². The Bertz CT molecular complexity index is 615. The van der Waals surface area contributed by atoms with Gasteiger partial charge in [0, 0.05) is 12.0 Å². The van der Waals surface area contributed by atoms with Gasteiger partial charge in [0.15, 0.2) is 0 Å². The zero-order valence-electron chi connectivity index (χ0n) is 9.85. The second kappa shape index (κ2) is 4.14. The number of halogens is 1. The second-order valence-electron chi connectivity index (χ2n) is 4.38. The van der Waals surface area contributed by atoms with Crippen LogP contribution in [0.15, 0.2) is 24.5 Å². The minimum Gasteiger partial charge on any atom is -0.490 e. The van der Waals surface area contributed by atoms with Crippen molar-refractivity contribution in [3.63, 3.8) is 0 Å². The third-order valence-electron chi connectivity index (χ3n) is 2.99. The first-order chi connectivity index (χ1) is 8.65. The molecule has 0 bridgehead atoms. The summed E-state index contributed by atoms with van der Waals surface area (Å²) in [7, 11) is 0. The molecule has 1 unspecified atom stereocenters. The Balaban J connectivity index is 2.08. The predicted octanol–water partition coefficient (Wildman–Crippen LogP) is 2.70. The summed E-state index contributed by atoms with van der Waals surface area (Å²) >= 11 is 6.13. The average Bonchev–Trinajstić information content (AvgIpc) is 2.71. The van der Waals surface area contributed by atoms with Crippen molar-refractivity contribution in [1.29, 1.82) is 0 Å². The first kappa shape index (κ1) is 11.3. The van der Waals surface area contributed by atoms with Gasteiger partial charge in [-0.25, -0.2) is 9.97 Å². The molecule has 0 amide bonds. The normalized spacial score (nSPS) is 17.3. The SMILES string of the molecule is CC1Cc2cc(-c3ncnc(N)c3Cl)ccc2O1. The Morgan fingerprint density at radius 3 is 3.06 bits per heavy atom. The number of fused-ring (bicyclic) bond motifs is 1. The van der Waals surface area contributed by atoms with Crippen LogP contribution < -0.4 is 10.5 Å². The molecule has 1 atom stereocenters. The zero-order chi connectivity index (χ0) is 12.7. The maximum atomic E-state index is 6.13. The molecule has 1 aliphatic heterocycles. The van der Waals surface area contributed by atoms with Gasteiger partial charge in [0.2, 0.25) is 0 Å². The van der Waals surface area contributed by atoms with Crippen molar-refractivity contribution in [1.82, 2.24) is 9.97 Å². The molecule has 0 saturated carbocycles. The summed E-state index contributed by atoms with van der Waals surface area (Å²) < 4.78 is 5.66. The van der Waals surface area contributed by atoms with Gasteiger partial charge < -0.3 is 10.5 Å². The lowest BCUT2D eigenvalue weighted by Gasteiger charge is -2.06. The molecule has 2 aromatic rings. The van der Waals surface area contributed by atoms with Gasteiger partial charge in [-0.3, -0.25) is 0 Å². The van der Waals surface area contributed by atoms with Crippen LogP contribution >= 0.6 is 11.6 Å². The molecule has 2 heterocycles. The van der Waals surface area contributed by atoms with Crippen molar-refractivity contribution in [3.8, 4) is 17.0 Å². The molecule has 92 valence electrons. The molecule has 0 saturated heterocycles. The van der Waals surface area contributed by atoms with E-state index in [1.807, 2.05) is 18.2 Å². The van der Waals surface area contributed by atoms with E-state index in [1.54, 1.807) is 0 Å². The molecular weight excluding hydrogens is 250 g/mol. The van der Waals surface area contributed by atoms with E-state index in [2.05, 4.69) is 16.9 Å². The molecule has 0 radical (unpaired) electrons. The first-order valence-corrected chi connectivity index (χ1v) is 6.09. The summed E-state index contributed by atoms with van der Waals surface area (Å²) in [6.45, 7) is 2.05. The summed E-state index contributed by atoms with van der Waals surface area (Å²) in [5.74, 6) is 1.23. The van der Waals surface area contributed by atoms with Crippen LogP contribution in [0.25, 0.3) is 11.3 Å². The fraction of sp³-hybridized carbons (Fsp3) is 0.231. The number of nitrogens with zero attached hydrogens (tertiary/aromatic N) is 2. The van der Waals surface area contributed by atoms with Gasteiger partial charge in [0.05, 0.1) is 5.69 Å². The number of hydrogen-bond acceptors (Lipinski definition) is 4. The molecule has 0 spiro atoms. The molecule has 1 aliphatic rings. The first-order valence-electron chi connectivity index (χ1n) is 5.71. The Morgan fingerprint density at radius 2 is 2.22 bits per heavy atom. The average molecular weight is 262 g/mol. The topological polar surface area (TPSA) is 61.0 Å². The van der Waals surface area contributed by atoms with Crippen molar-refractivity contribution in [2.24, 2.45) is 0 Å². The lowest BCUT2D eigenvalue weighted by Crippen LogP contribution is -2.05. The molecule has 1 aromatic heterocycles. The van der Waals surface area contributed by atoms with E-state index in [0.29, 0.717) is 16.5 Å². The molecule has 0 fully saturated rings. The van der Waals surface area contributed by atoms with Crippen molar-refractivity contribution in [2.75, 3.05) is 5.73 Å². The van der Waals surface area contributed by atoms with E-state index < -0.39 is 0 Å². The second-order valence-corrected chi connectivity index (χ2v) is 4.75. The third kappa shape index (κ3) is 1.78. The fourth-order valence-electron chi connectivity index (χ4n) is 2.15. The fourth-order valence-corrected chi connectivity index (χ4v) is 2.36. The summed E-state index contributed by atoms with van der Waals surface area (Å²) in [6.07, 6.45) is 2.55. The zero-order valence-corrected chi connectivity index (χ0v) is 10.6. The number of aromatic nitrogens is 2. The minimum atomic E-state index is 0.223. The van der Waals surface area contributed by atoms with Crippen LogP contribution in [0.1, 0.15) is 12.5 Å². The number of ether oxygens (including phenoxy) is 1. The van der Waals surface area contributed by atoms with E-state index in [1.165, 1.54) is 11.9 Å². The van der Waals surface area contributed by atoms with Gasteiger partial charge in [-0.15, -0.1) is 0 Å². The maximum Gasteiger partial charge on any atom is 0.146 e. The lowest BCUT2D eigenvalue weighted by atomic mass is 10.0. The van der Waals surface area contributed by atoms with Crippen molar-refractivity contribution < 1.29 is 4.74 Å². The Kier molecular flexibility index (Phi) is 2.59. The largest absolute Gasteiger partial charge is 0.490 e. The standard InChI is InChI=1S/C13H12ClN3O/c1-7-4-9-5-8(2-3-10(9)18-7)12-11(14)13(15)17-6-16-12/h2-3,5-7H,4H2,1H3,(H2,15,16,17). The van der Waals surface area contributed by atoms with Crippen molar-refractivity contribution in [3.05, 3.63) is 35.1 Å². The summed E-state index contributed by atoms with van der Waals surface area (Å²) in [5, 5.41) is 0.393. The molecule has 2 N–H and O–H groups in total. The summed E-state index contributed by atoms with van der Waals surface area (Å²) in [6, 6.07) is 5.93. The Labute approximate surface area is 110 Å². The molecule has 1 aromatic carbocycles. The highest BCUT2D eigenvalue weighted by molar-refractivity contribution is 6.35. The number of benzene rings is 1. The van der Waals surface area contributed by atoms with Gasteiger partial charge in [0.25, 0.3) is 0 Å². The van der Waals surface area contributed by atoms with Crippen LogP contribution in [0, 0.1) is 0 Å². The number of anilines is 1. The van der Waals surface area contributed by atoms with Crippen molar-refractivity contribution >= 4 is 17.4 Å². The molecule has 4 nitrogen and oxygen atoms in total. The highest BCUT2D eigenvalue weighted by Crippen LogP contribution is 2.35. The smallest absolute Gasteiger partial charge is 0.146 e. The van der Waals surface area contributed by atoms with Crippen LogP contribution in [0.4, 0.5) is 5.82 Å². The Hall–Kier alpha value is -1.81. The van der Waals surface area contributed by atoms with E-state index in [-0.39, 0.29) is 6.10 Å². The molecule has 18 heavy (non-hydrogen) atoms. The molecule has 3 rings (SSSR count). The number of nitrogen functional groups attached to an aromatic ring is 1. The third-order valence-corrected chi connectivity index (χ3v) is 3.36. The van der Waals surface area contributed by atoms with Crippen molar-refractivity contribution in [2.45, 2.75) is 19.4 Å². The number of nitrogens with two attached hydrogens (primary N) is 1. The maximum absolute atomic E-state index is 6.13. The molecule has 5 heteroatoms. The summed E-state index contributed by atoms with van der Waals surface area (Å²) in [4.78, 5) is 8.05. The number of hydrogen-bond donors (Lipinski definition) is 1. The minimum absolute atomic E-state index is 0.223. The predicted molar refractivity (Wildman–Crippen MR) is 70.7 cm³/mol. The van der Waals surface area contributed by atoms with Crippen LogP contribution in [-0.4, -0.2) is 16.1 Å². The lowest BCUT2D eigenvalue weighted by molar-refractivity contribution is 0.254. The van der Waals surface area contributed by atoms with Crippen LogP contribution in [0.5, 0.6) is 5.75 Å². The molecule has 0 aliphatic carbocycles. The van der Waals surface area contributed by atoms with E-state index >= 15 is 0 Å². The van der Waals surface area contributed by atoms with E-state index in [0.717, 1.165) is 17.7 Å². The molecular formula is C13H12ClN3O. The van der Waals surface area contributed by atoms with Gasteiger partial charge >= 0.3 is 0 Å². The van der Waals surface area contributed by atoms with E-state index in [9.17, 15) is 0 Å². The van der Waals surface area contributed by atoms with Gasteiger partial charge in [0.1, 0.15) is 29.0 Å². The Morgan fingerprint density at radius 1 is 1.39 bits per heavy atom. The van der Waals surface area contributed by atoms with Gasteiger partial charge in [-0.1, -0.05) is 11.6 Å².